The molecule has 3 rings (SSSR count). The average Bonchev–Trinajstić information content (AvgIpc) is 3.06. The number of methoxy groups -OCH3 is 1. The molecule has 1 aromatic carbocycles. The van der Waals surface area contributed by atoms with Gasteiger partial charge < -0.3 is 15.4 Å². The number of hydrogen-bond donors (Lipinski definition) is 2. The van der Waals surface area contributed by atoms with Crippen LogP contribution >= 0.6 is 0 Å². The largest absolute Gasteiger partial charge is 0.380 e. The topological polar surface area (TPSA) is 72.4 Å². The number of anilines is 1. The minimum atomic E-state index is -0.599. The lowest BCUT2D eigenvalue weighted by atomic mass is 10.2. The van der Waals surface area contributed by atoms with Crippen LogP contribution in [-0.2, 0) is 9.53 Å². The highest BCUT2D eigenvalue weighted by molar-refractivity contribution is 5.95. The monoisotopic (exact) mass is 331 g/mol. The molecule has 0 unspecified atom stereocenters. The molecule has 2 N–H and O–H groups in total. The highest BCUT2D eigenvalue weighted by atomic mass is 19.1. The number of halogens is 1. The normalized spacial score (nSPS) is 20.1. The molecule has 1 aliphatic rings. The van der Waals surface area contributed by atoms with Crippen molar-refractivity contribution in [2.45, 2.75) is 18.6 Å². The number of nitrogens with zero attached hydrogens (tertiary/aromatic N) is 1. The van der Waals surface area contributed by atoms with Gasteiger partial charge in [-0.15, -0.1) is 0 Å². The van der Waals surface area contributed by atoms with Gasteiger partial charge >= 0.3 is 0 Å². The lowest BCUT2D eigenvalue weighted by molar-refractivity contribution is -0.118. The molecule has 1 saturated heterocycles. The van der Waals surface area contributed by atoms with Crippen LogP contribution in [0, 0.1) is 5.82 Å². The van der Waals surface area contributed by atoms with Crippen LogP contribution < -0.4 is 16.2 Å². The minimum absolute atomic E-state index is 0.0158. The highest BCUT2D eigenvalue weighted by Gasteiger charge is 2.29. The number of rotatable bonds is 4. The number of benzene rings is 1. The molecule has 24 heavy (non-hydrogen) atoms. The zero-order valence-corrected chi connectivity index (χ0v) is 13.2. The van der Waals surface area contributed by atoms with E-state index >= 15 is 0 Å². The van der Waals surface area contributed by atoms with Crippen LogP contribution in [0.25, 0.3) is 5.69 Å². The first-order valence-corrected chi connectivity index (χ1v) is 7.63. The van der Waals surface area contributed by atoms with Gasteiger partial charge in [-0.3, -0.25) is 14.2 Å². The molecule has 2 atom stereocenters. The third kappa shape index (κ3) is 3.37. The lowest BCUT2D eigenvalue weighted by Gasteiger charge is -2.13. The molecule has 1 amide bonds. The third-order valence-electron chi connectivity index (χ3n) is 4.05. The van der Waals surface area contributed by atoms with Gasteiger partial charge in [0.1, 0.15) is 5.82 Å². The van der Waals surface area contributed by atoms with Crippen LogP contribution in [0.2, 0.25) is 0 Å². The number of carbonyl (C=O) groups excluding carboxylic acids is 1. The predicted molar refractivity (Wildman–Crippen MR) is 87.8 cm³/mol. The highest BCUT2D eigenvalue weighted by Crippen LogP contribution is 2.19. The Bertz CT molecular complexity index is 806. The zero-order chi connectivity index (χ0) is 17.1. The van der Waals surface area contributed by atoms with Gasteiger partial charge in [0.15, 0.2) is 0 Å². The van der Waals surface area contributed by atoms with E-state index in [1.54, 1.807) is 31.5 Å². The smallest absolute Gasteiger partial charge is 0.255 e. The second-order valence-corrected chi connectivity index (χ2v) is 5.62. The molecule has 2 heterocycles. The van der Waals surface area contributed by atoms with Crippen molar-refractivity contribution in [1.82, 2.24) is 9.88 Å². The van der Waals surface area contributed by atoms with Gasteiger partial charge in [-0.05, 0) is 24.6 Å². The van der Waals surface area contributed by atoms with Crippen LogP contribution in [0.1, 0.15) is 6.42 Å². The first kappa shape index (κ1) is 16.4. The van der Waals surface area contributed by atoms with Gasteiger partial charge in [0, 0.05) is 32.0 Å². The predicted octanol–water partition coefficient (Wildman–Crippen LogP) is 1.29. The van der Waals surface area contributed by atoms with Crippen molar-refractivity contribution >= 4 is 11.6 Å². The number of pyridine rings is 1. The second kappa shape index (κ2) is 6.94. The minimum Gasteiger partial charge on any atom is -0.380 e. The number of aromatic nitrogens is 1. The van der Waals surface area contributed by atoms with Crippen molar-refractivity contribution in [3.8, 4) is 5.69 Å². The second-order valence-electron chi connectivity index (χ2n) is 5.62. The van der Waals surface area contributed by atoms with Crippen molar-refractivity contribution < 1.29 is 13.9 Å². The summed E-state index contributed by atoms with van der Waals surface area (Å²) in [7, 11) is 1.59. The Kier molecular flexibility index (Phi) is 4.73. The van der Waals surface area contributed by atoms with E-state index < -0.39 is 11.9 Å². The van der Waals surface area contributed by atoms with Crippen molar-refractivity contribution in [2.75, 3.05) is 19.0 Å². The molecule has 0 aliphatic carbocycles. The number of nitrogens with one attached hydrogen (secondary N) is 2. The standard InChI is InChI=1S/C17H18FN3O3/c1-24-12-9-15(19-10-12)17(23)20-14-6-5-11(8-13(14)18)21-7-3-2-4-16(21)22/h2-8,12,15,19H,9-10H2,1H3,(H,20,23)/t12-,15-/m1/s1. The summed E-state index contributed by atoms with van der Waals surface area (Å²) in [6, 6.07) is 8.54. The van der Waals surface area contributed by atoms with Gasteiger partial charge in [-0.25, -0.2) is 4.39 Å². The summed E-state index contributed by atoms with van der Waals surface area (Å²) in [4.78, 5) is 24.0. The van der Waals surface area contributed by atoms with E-state index in [1.165, 1.54) is 22.8 Å². The maximum absolute atomic E-state index is 14.3. The summed E-state index contributed by atoms with van der Waals surface area (Å²) in [6.45, 7) is 0.590. The number of ether oxygens (including phenoxy) is 1. The van der Waals surface area contributed by atoms with E-state index in [0.717, 1.165) is 0 Å². The molecule has 0 saturated carbocycles. The molecule has 126 valence electrons. The van der Waals surface area contributed by atoms with Gasteiger partial charge in [-0.1, -0.05) is 6.07 Å². The fraction of sp³-hybridized carbons (Fsp3) is 0.294. The fourth-order valence-corrected chi connectivity index (χ4v) is 2.70. The molecule has 0 spiro atoms. The first-order valence-electron chi connectivity index (χ1n) is 7.63. The van der Waals surface area contributed by atoms with Crippen LogP contribution in [0.15, 0.2) is 47.4 Å². The summed E-state index contributed by atoms with van der Waals surface area (Å²) < 4.78 is 20.8. The molecular formula is C17H18FN3O3. The van der Waals surface area contributed by atoms with Gasteiger partial charge in [0.2, 0.25) is 5.91 Å². The van der Waals surface area contributed by atoms with Crippen LogP contribution in [-0.4, -0.2) is 36.3 Å². The zero-order valence-electron chi connectivity index (χ0n) is 13.2. The van der Waals surface area contributed by atoms with E-state index in [2.05, 4.69) is 10.6 Å². The van der Waals surface area contributed by atoms with Crippen molar-refractivity contribution in [1.29, 1.82) is 0 Å². The maximum Gasteiger partial charge on any atom is 0.255 e. The summed E-state index contributed by atoms with van der Waals surface area (Å²) in [5.74, 6) is -0.907. The SMILES string of the molecule is CO[C@H]1CN[C@@H](C(=O)Nc2ccc(-n3ccccc3=O)cc2F)C1. The molecule has 1 aromatic heterocycles. The van der Waals surface area contributed by atoms with E-state index in [-0.39, 0.29) is 23.3 Å². The Morgan fingerprint density at radius 2 is 2.21 bits per heavy atom. The van der Waals surface area contributed by atoms with Gasteiger partial charge in [-0.2, -0.15) is 0 Å². The van der Waals surface area contributed by atoms with Crippen LogP contribution in [0.4, 0.5) is 10.1 Å². The third-order valence-corrected chi connectivity index (χ3v) is 4.05. The quantitative estimate of drug-likeness (QED) is 0.886. The summed E-state index contributed by atoms with van der Waals surface area (Å²) in [5, 5.41) is 5.61. The Morgan fingerprint density at radius 3 is 2.88 bits per heavy atom. The molecule has 1 fully saturated rings. The van der Waals surface area contributed by atoms with Crippen LogP contribution in [0.5, 0.6) is 0 Å². The maximum atomic E-state index is 14.3. The number of hydrogen-bond acceptors (Lipinski definition) is 4. The lowest BCUT2D eigenvalue weighted by Crippen LogP contribution is -2.35. The number of carbonyl (C=O) groups is 1. The summed E-state index contributed by atoms with van der Waals surface area (Å²) >= 11 is 0. The van der Waals surface area contributed by atoms with Crippen molar-refractivity contribution in [3.63, 3.8) is 0 Å². The Hall–Kier alpha value is -2.51. The molecule has 0 bridgehead atoms. The van der Waals surface area contributed by atoms with Gasteiger partial charge in [0.25, 0.3) is 5.56 Å². The Morgan fingerprint density at radius 1 is 1.38 bits per heavy atom. The Balaban J connectivity index is 1.75. The molecule has 6 nitrogen and oxygen atoms in total. The number of amides is 1. The first-order chi connectivity index (χ1) is 11.6. The molecular weight excluding hydrogens is 313 g/mol. The van der Waals surface area contributed by atoms with E-state index in [4.69, 9.17) is 4.74 Å². The molecule has 0 radical (unpaired) electrons. The molecule has 7 heteroatoms. The van der Waals surface area contributed by atoms with Crippen LogP contribution in [0.3, 0.4) is 0 Å². The van der Waals surface area contributed by atoms with Gasteiger partial charge in [0.05, 0.1) is 23.5 Å². The Labute approximate surface area is 138 Å². The van der Waals surface area contributed by atoms with E-state index in [9.17, 15) is 14.0 Å². The fourth-order valence-electron chi connectivity index (χ4n) is 2.70. The van der Waals surface area contributed by atoms with E-state index in [1.807, 2.05) is 0 Å². The summed E-state index contributed by atoms with van der Waals surface area (Å²) in [6.07, 6.45) is 2.09. The molecule has 2 aromatic rings. The summed E-state index contributed by atoms with van der Waals surface area (Å²) in [5.41, 5.74) is 0.222. The average molecular weight is 331 g/mol. The van der Waals surface area contributed by atoms with Crippen molar-refractivity contribution in [2.24, 2.45) is 0 Å². The van der Waals surface area contributed by atoms with Crippen molar-refractivity contribution in [3.05, 3.63) is 58.8 Å². The molecule has 1 aliphatic heterocycles. The van der Waals surface area contributed by atoms with E-state index in [0.29, 0.717) is 18.7 Å².